The summed E-state index contributed by atoms with van der Waals surface area (Å²) in [5, 5.41) is 0.509. The number of carbonyl (C=O) groups excluding carboxylic acids is 1. The Labute approximate surface area is 118 Å². The Morgan fingerprint density at radius 1 is 1.10 bits per heavy atom. The van der Waals surface area contributed by atoms with E-state index in [1.54, 1.807) is 24.3 Å². The van der Waals surface area contributed by atoms with Crippen molar-refractivity contribution in [3.63, 3.8) is 0 Å². The minimum Gasteiger partial charge on any atom is -0.294 e. The van der Waals surface area contributed by atoms with E-state index >= 15 is 0 Å². The van der Waals surface area contributed by atoms with Crippen molar-refractivity contribution >= 4 is 17.4 Å². The fraction of sp³-hybridized carbons (Fsp3) is 0.143. The van der Waals surface area contributed by atoms with Gasteiger partial charge in [-0.25, -0.2) is 0 Å². The topological polar surface area (TPSA) is 30.0 Å². The zero-order chi connectivity index (χ0) is 14.8. The normalized spacial score (nSPS) is 11.4. The molecule has 2 nitrogen and oxygen atoms in total. The number of hydrogen-bond donors (Lipinski definition) is 0. The number of aromatic nitrogens is 1. The molecule has 0 unspecified atom stereocenters. The van der Waals surface area contributed by atoms with Gasteiger partial charge in [-0.2, -0.15) is 13.2 Å². The lowest BCUT2D eigenvalue weighted by Gasteiger charge is -2.06. The summed E-state index contributed by atoms with van der Waals surface area (Å²) in [6.45, 7) is 0. The zero-order valence-corrected chi connectivity index (χ0v) is 10.9. The molecule has 0 aliphatic rings. The summed E-state index contributed by atoms with van der Waals surface area (Å²) < 4.78 is 37.1. The van der Waals surface area contributed by atoms with Crippen LogP contribution in [-0.4, -0.2) is 10.8 Å². The van der Waals surface area contributed by atoms with Crippen LogP contribution in [-0.2, 0) is 12.6 Å². The minimum atomic E-state index is -4.42. The fourth-order valence-corrected chi connectivity index (χ4v) is 1.73. The molecule has 1 heterocycles. The average Bonchev–Trinajstić information content (AvgIpc) is 2.39. The molecule has 0 amide bonds. The molecule has 0 radical (unpaired) electrons. The molecule has 104 valence electrons. The maximum Gasteiger partial charge on any atom is 0.417 e. The quantitative estimate of drug-likeness (QED) is 0.796. The van der Waals surface area contributed by atoms with Crippen molar-refractivity contribution in [3.05, 3.63) is 64.4 Å². The highest BCUT2D eigenvalue weighted by Crippen LogP contribution is 2.28. The van der Waals surface area contributed by atoms with Crippen LogP contribution >= 0.6 is 11.6 Å². The van der Waals surface area contributed by atoms with E-state index in [1.807, 2.05) is 0 Å². The molecule has 0 bridgehead atoms. The van der Waals surface area contributed by atoms with Gasteiger partial charge in [0.05, 0.1) is 12.0 Å². The van der Waals surface area contributed by atoms with Crippen LogP contribution in [0.1, 0.15) is 21.6 Å². The molecule has 0 atom stereocenters. The molecular weight excluding hydrogens is 291 g/mol. The Kier molecular flexibility index (Phi) is 4.09. The highest BCUT2D eigenvalue weighted by Gasteiger charge is 2.30. The second-order valence-electron chi connectivity index (χ2n) is 4.14. The van der Waals surface area contributed by atoms with Gasteiger partial charge in [0.1, 0.15) is 0 Å². The molecule has 2 rings (SSSR count). The largest absolute Gasteiger partial charge is 0.417 e. The number of nitrogens with zero attached hydrogens (tertiary/aromatic N) is 1. The Balaban J connectivity index is 2.10. The maximum atomic E-state index is 12.4. The number of carbonyl (C=O) groups is 1. The summed E-state index contributed by atoms with van der Waals surface area (Å²) in [4.78, 5) is 15.6. The van der Waals surface area contributed by atoms with Crippen LogP contribution in [0, 0.1) is 0 Å². The van der Waals surface area contributed by atoms with Gasteiger partial charge in [0.25, 0.3) is 0 Å². The fourth-order valence-electron chi connectivity index (χ4n) is 1.60. The predicted octanol–water partition coefficient (Wildman–Crippen LogP) is 4.18. The minimum absolute atomic E-state index is 0.0558. The first-order valence-electron chi connectivity index (χ1n) is 5.67. The van der Waals surface area contributed by atoms with E-state index in [-0.39, 0.29) is 17.9 Å². The molecular formula is C14H9ClF3NO. The van der Waals surface area contributed by atoms with E-state index in [0.29, 0.717) is 10.6 Å². The molecule has 0 aliphatic heterocycles. The van der Waals surface area contributed by atoms with Crippen molar-refractivity contribution in [1.29, 1.82) is 0 Å². The van der Waals surface area contributed by atoms with Crippen LogP contribution < -0.4 is 0 Å². The van der Waals surface area contributed by atoms with E-state index in [9.17, 15) is 18.0 Å². The third-order valence-electron chi connectivity index (χ3n) is 2.66. The summed E-state index contributed by atoms with van der Waals surface area (Å²) >= 11 is 5.71. The number of benzene rings is 1. The lowest BCUT2D eigenvalue weighted by Crippen LogP contribution is -2.08. The standard InChI is InChI=1S/C14H9ClF3NO/c15-11-4-1-9(2-5-11)13(20)7-12-6-3-10(8-19-12)14(16,17)18/h1-6,8H,7H2. The monoisotopic (exact) mass is 299 g/mol. The molecule has 0 saturated carbocycles. The van der Waals surface area contributed by atoms with E-state index in [0.717, 1.165) is 12.3 Å². The molecule has 2 aromatic rings. The zero-order valence-electron chi connectivity index (χ0n) is 10.1. The molecule has 0 fully saturated rings. The van der Waals surface area contributed by atoms with Gasteiger partial charge in [-0.05, 0) is 36.4 Å². The number of pyridine rings is 1. The smallest absolute Gasteiger partial charge is 0.294 e. The van der Waals surface area contributed by atoms with Gasteiger partial charge >= 0.3 is 6.18 Å². The summed E-state index contributed by atoms with van der Waals surface area (Å²) in [6.07, 6.45) is -3.75. The Hall–Kier alpha value is -1.88. The van der Waals surface area contributed by atoms with Gasteiger partial charge in [-0.1, -0.05) is 11.6 Å². The van der Waals surface area contributed by atoms with Crippen molar-refractivity contribution in [2.75, 3.05) is 0 Å². The van der Waals surface area contributed by atoms with E-state index in [4.69, 9.17) is 11.6 Å². The first-order chi connectivity index (χ1) is 9.36. The first-order valence-corrected chi connectivity index (χ1v) is 6.05. The van der Waals surface area contributed by atoms with Gasteiger partial charge in [-0.15, -0.1) is 0 Å². The first kappa shape index (κ1) is 14.5. The van der Waals surface area contributed by atoms with Crippen LogP contribution in [0.4, 0.5) is 13.2 Å². The predicted molar refractivity (Wildman–Crippen MR) is 68.7 cm³/mol. The number of ketones is 1. The van der Waals surface area contributed by atoms with Crippen molar-refractivity contribution in [1.82, 2.24) is 4.98 Å². The van der Waals surface area contributed by atoms with Crippen LogP contribution in [0.3, 0.4) is 0 Å². The van der Waals surface area contributed by atoms with Crippen molar-refractivity contribution in [3.8, 4) is 0 Å². The van der Waals surface area contributed by atoms with Crippen molar-refractivity contribution in [2.45, 2.75) is 12.6 Å². The third-order valence-corrected chi connectivity index (χ3v) is 2.91. The molecule has 1 aromatic carbocycles. The molecule has 20 heavy (non-hydrogen) atoms. The van der Waals surface area contributed by atoms with E-state index in [2.05, 4.69) is 4.98 Å². The van der Waals surface area contributed by atoms with E-state index in [1.165, 1.54) is 6.07 Å². The number of Topliss-reactive ketones (excluding diaryl/α,β-unsaturated/α-hetero) is 1. The summed E-state index contributed by atoms with van der Waals surface area (Å²) in [5.74, 6) is -0.228. The summed E-state index contributed by atoms with van der Waals surface area (Å²) in [5.41, 5.74) is -0.103. The molecule has 0 N–H and O–H groups in total. The van der Waals surface area contributed by atoms with Gasteiger partial charge in [-0.3, -0.25) is 9.78 Å². The summed E-state index contributed by atoms with van der Waals surface area (Å²) in [7, 11) is 0. The molecule has 1 aromatic heterocycles. The van der Waals surface area contributed by atoms with Crippen LogP contribution in [0.15, 0.2) is 42.6 Å². The van der Waals surface area contributed by atoms with Gasteiger partial charge in [0.2, 0.25) is 0 Å². The summed E-state index contributed by atoms with van der Waals surface area (Å²) in [6, 6.07) is 8.40. The van der Waals surface area contributed by atoms with Gasteiger partial charge in [0.15, 0.2) is 5.78 Å². The number of rotatable bonds is 3. The third kappa shape index (κ3) is 3.57. The van der Waals surface area contributed by atoms with Crippen LogP contribution in [0.5, 0.6) is 0 Å². The van der Waals surface area contributed by atoms with Crippen LogP contribution in [0.25, 0.3) is 0 Å². The Morgan fingerprint density at radius 2 is 1.75 bits per heavy atom. The van der Waals surface area contributed by atoms with Crippen molar-refractivity contribution < 1.29 is 18.0 Å². The molecule has 6 heteroatoms. The van der Waals surface area contributed by atoms with Gasteiger partial charge in [0, 0.05) is 22.5 Å². The molecule has 0 aliphatic carbocycles. The second kappa shape index (κ2) is 5.63. The molecule has 0 spiro atoms. The number of halogens is 4. The lowest BCUT2D eigenvalue weighted by molar-refractivity contribution is -0.137. The Bertz CT molecular complexity index is 606. The molecule has 0 saturated heterocycles. The van der Waals surface area contributed by atoms with E-state index < -0.39 is 11.7 Å². The number of hydrogen-bond acceptors (Lipinski definition) is 2. The SMILES string of the molecule is O=C(Cc1ccc(C(F)(F)F)cn1)c1ccc(Cl)cc1. The number of alkyl halides is 3. The maximum absolute atomic E-state index is 12.4. The highest BCUT2D eigenvalue weighted by atomic mass is 35.5. The highest BCUT2D eigenvalue weighted by molar-refractivity contribution is 6.30. The van der Waals surface area contributed by atoms with Crippen LogP contribution in [0.2, 0.25) is 5.02 Å². The van der Waals surface area contributed by atoms with Crippen molar-refractivity contribution in [2.24, 2.45) is 0 Å². The van der Waals surface area contributed by atoms with Gasteiger partial charge < -0.3 is 0 Å². The average molecular weight is 300 g/mol. The lowest BCUT2D eigenvalue weighted by atomic mass is 10.1. The second-order valence-corrected chi connectivity index (χ2v) is 4.58. The Morgan fingerprint density at radius 3 is 2.25 bits per heavy atom.